The van der Waals surface area contributed by atoms with Crippen molar-refractivity contribution < 1.29 is 124 Å². The first kappa shape index (κ1) is 62.4. The van der Waals surface area contributed by atoms with Crippen LogP contribution in [0.2, 0.25) is 0 Å². The molecule has 29 atom stereocenters. The van der Waals surface area contributed by atoms with E-state index < -0.39 is 199 Å². The molecule has 0 spiro atoms. The second-order valence-electron chi connectivity index (χ2n) is 27.1. The van der Waals surface area contributed by atoms with Crippen LogP contribution in [0.4, 0.5) is 0 Å². The number of rotatable bonds is 12. The van der Waals surface area contributed by atoms with Crippen LogP contribution in [0.1, 0.15) is 113 Å². The van der Waals surface area contributed by atoms with Crippen LogP contribution in [0.3, 0.4) is 0 Å². The fraction of sp³-hybridized carbons (Fsp3) is 0.927. The number of carboxylic acid groups (broad SMARTS) is 1. The smallest absolute Gasteiger partial charge is 0.335 e. The highest BCUT2D eigenvalue weighted by molar-refractivity contribution is 5.81. The van der Waals surface area contributed by atoms with Gasteiger partial charge in [-0.25, -0.2) is 4.79 Å². The number of aliphatic carboxylic acids is 1. The molecule has 458 valence electrons. The molecule has 0 amide bonds. The minimum absolute atomic E-state index is 0.0141. The monoisotopic (exact) mass is 1150 g/mol. The number of esters is 1. The Morgan fingerprint density at radius 3 is 1.59 bits per heavy atom. The third-order valence-electron chi connectivity index (χ3n) is 22.0. The number of carbonyl (C=O) groups is 2. The van der Waals surface area contributed by atoms with Crippen molar-refractivity contribution in [3.8, 4) is 0 Å². The lowest BCUT2D eigenvalue weighted by atomic mass is 9.31. The third kappa shape index (κ3) is 9.56. The van der Waals surface area contributed by atoms with Crippen molar-refractivity contribution in [1.82, 2.24) is 0 Å². The quantitative estimate of drug-likeness (QED) is 0.0542. The van der Waals surface area contributed by atoms with Crippen molar-refractivity contribution in [3.05, 3.63) is 11.6 Å². The maximum Gasteiger partial charge on any atom is 0.335 e. The summed E-state index contributed by atoms with van der Waals surface area (Å²) in [5.41, 5.74) is -4.15. The molecule has 9 aliphatic rings. The first-order valence-electron chi connectivity index (χ1n) is 28.3. The van der Waals surface area contributed by atoms with E-state index in [9.17, 15) is 81.4 Å². The Balaban J connectivity index is 1.03. The van der Waals surface area contributed by atoms with Gasteiger partial charge >= 0.3 is 11.9 Å². The Morgan fingerprint density at radius 1 is 0.550 bits per heavy atom. The molecule has 0 aromatic carbocycles. The standard InChI is InChI=1S/C55H88O25/c1-49(2)15-16-55(48(72)80-46-38(68)35(65)32(62)24(20-58)75-46)28(59)17-53(7)27(54(55,8)21-49)10-9-26-51(5)13-12-29(50(3,4)25(51)11-14-52(26,53)6)76-47-42(79-45-37(67)34(64)31(61)23(19-57)74-45)40(39(69)41(78-47)43(70)71)77-44-36(66)33(63)30(60)22(18-56)73-44/h10,22-26,28-42,44-47,56-69H,9,11-21H2,1-8H3,(H,70,71)/t22-,23-,24-,25-,26-,28-,29-,30-,31-,32-,33+,34+,35+,36-,37-,38-,39+,40+,41+,42-,44+,45+,46+,47-,51+,52-,53-,54-,55-/m0/s1. The number of fused-ring (bicyclic) bond motifs is 7. The zero-order valence-electron chi connectivity index (χ0n) is 46.7. The molecule has 0 aromatic heterocycles. The predicted octanol–water partition coefficient (Wildman–Crippen LogP) is -2.58. The maximum absolute atomic E-state index is 15.1. The Labute approximate surface area is 464 Å². The summed E-state index contributed by atoms with van der Waals surface area (Å²) >= 11 is 0. The zero-order chi connectivity index (χ0) is 58.9. The van der Waals surface area contributed by atoms with Gasteiger partial charge in [-0.3, -0.25) is 4.79 Å². The summed E-state index contributed by atoms with van der Waals surface area (Å²) in [6, 6.07) is 0. The number of hydrogen-bond donors (Lipinski definition) is 15. The third-order valence-corrected chi connectivity index (χ3v) is 22.0. The number of allylic oxidation sites excluding steroid dienone is 2. The lowest BCUT2D eigenvalue weighted by Crippen LogP contribution is -2.71. The first-order valence-corrected chi connectivity index (χ1v) is 28.3. The number of carboxylic acids is 1. The second kappa shape index (κ2) is 22.0. The molecule has 4 heterocycles. The first-order chi connectivity index (χ1) is 37.2. The van der Waals surface area contributed by atoms with E-state index in [4.69, 9.17) is 37.9 Å². The lowest BCUT2D eigenvalue weighted by Gasteiger charge is -2.73. The summed E-state index contributed by atoms with van der Waals surface area (Å²) in [5.74, 6) is -2.61. The summed E-state index contributed by atoms with van der Waals surface area (Å²) in [7, 11) is 0. The molecule has 0 radical (unpaired) electrons. The summed E-state index contributed by atoms with van der Waals surface area (Å²) in [5, 5.41) is 162. The van der Waals surface area contributed by atoms with E-state index in [0.29, 0.717) is 44.9 Å². The van der Waals surface area contributed by atoms with E-state index >= 15 is 4.79 Å². The van der Waals surface area contributed by atoms with Gasteiger partial charge in [-0.2, -0.15) is 0 Å². The molecule has 15 N–H and O–H groups in total. The molecule has 9 rings (SSSR count). The van der Waals surface area contributed by atoms with Crippen LogP contribution in [0.5, 0.6) is 0 Å². The normalized spacial score (nSPS) is 53.7. The molecular weight excluding hydrogens is 1060 g/mol. The summed E-state index contributed by atoms with van der Waals surface area (Å²) in [4.78, 5) is 28.0. The van der Waals surface area contributed by atoms with E-state index in [2.05, 4.69) is 40.7 Å². The van der Waals surface area contributed by atoms with E-state index in [0.717, 1.165) is 5.57 Å². The van der Waals surface area contributed by atoms with Crippen molar-refractivity contribution in [2.45, 2.75) is 248 Å². The van der Waals surface area contributed by atoms with Crippen LogP contribution < -0.4 is 0 Å². The van der Waals surface area contributed by atoms with E-state index in [1.165, 1.54) is 0 Å². The Hall–Kier alpha value is -2.16. The minimum atomic E-state index is -2.18. The van der Waals surface area contributed by atoms with Crippen molar-refractivity contribution in [1.29, 1.82) is 0 Å². The van der Waals surface area contributed by atoms with Crippen LogP contribution in [0, 0.1) is 49.7 Å². The van der Waals surface area contributed by atoms with Gasteiger partial charge in [0, 0.05) is 5.41 Å². The number of hydrogen-bond acceptors (Lipinski definition) is 24. The van der Waals surface area contributed by atoms with Crippen LogP contribution >= 0.6 is 0 Å². The highest BCUT2D eigenvalue weighted by atomic mass is 16.8. The van der Waals surface area contributed by atoms with Crippen LogP contribution in [0.15, 0.2) is 11.6 Å². The highest BCUT2D eigenvalue weighted by Crippen LogP contribution is 2.78. The molecular formula is C55H88O25. The van der Waals surface area contributed by atoms with Crippen LogP contribution in [0.25, 0.3) is 0 Å². The molecule has 0 aromatic rings. The number of ether oxygens (including phenoxy) is 8. The lowest BCUT2D eigenvalue weighted by molar-refractivity contribution is -0.396. The van der Waals surface area contributed by atoms with E-state index in [-0.39, 0.29) is 30.1 Å². The molecule has 5 aliphatic carbocycles. The maximum atomic E-state index is 15.1. The number of aliphatic hydroxyl groups excluding tert-OH is 14. The summed E-state index contributed by atoms with van der Waals surface area (Å²) < 4.78 is 48.2. The van der Waals surface area contributed by atoms with Gasteiger partial charge in [0.2, 0.25) is 6.29 Å². The molecule has 4 aliphatic heterocycles. The largest absolute Gasteiger partial charge is 0.479 e. The van der Waals surface area contributed by atoms with E-state index in [1.807, 2.05) is 20.8 Å². The van der Waals surface area contributed by atoms with Crippen molar-refractivity contribution >= 4 is 11.9 Å². The van der Waals surface area contributed by atoms with Gasteiger partial charge in [0.1, 0.15) is 97.0 Å². The predicted molar refractivity (Wildman–Crippen MR) is 269 cm³/mol. The fourth-order valence-corrected chi connectivity index (χ4v) is 17.5. The molecule has 80 heavy (non-hydrogen) atoms. The average molecular weight is 1150 g/mol. The van der Waals surface area contributed by atoms with Crippen LogP contribution in [-0.4, -0.2) is 243 Å². The van der Waals surface area contributed by atoms with Crippen molar-refractivity contribution in [2.75, 3.05) is 19.8 Å². The summed E-state index contributed by atoms with van der Waals surface area (Å²) in [6.45, 7) is 14.6. The second-order valence-corrected chi connectivity index (χ2v) is 27.1. The van der Waals surface area contributed by atoms with E-state index in [1.54, 1.807) is 0 Å². The van der Waals surface area contributed by atoms with Crippen molar-refractivity contribution in [3.63, 3.8) is 0 Å². The van der Waals surface area contributed by atoms with Crippen LogP contribution in [-0.2, 0) is 47.5 Å². The molecule has 0 unspecified atom stereocenters. The Bertz CT molecular complexity index is 2280. The number of aliphatic hydroxyl groups is 14. The van der Waals surface area contributed by atoms with Gasteiger partial charge in [0.05, 0.1) is 32.0 Å². The molecule has 25 heteroatoms. The van der Waals surface area contributed by atoms with Gasteiger partial charge < -0.3 is 114 Å². The molecule has 0 bridgehead atoms. The SMILES string of the molecule is CC1(C)CC[C@@]2(C(=O)O[C@H]3O[C@@H](CO)[C@H](O)[C@@H](O)[C@@H]3O)[C@@H](O)C[C@@]3(C)C(=CC[C@H]4[C@]5(C)CC[C@H](O[C@H]6O[C@@H](C(=O)O)[C@H](O)[C@@H](O[C@H]7O[C@@H](CO)[C@H](O)[C@@H](O)[C@@H]7O)[C@@H]6O[C@H]6O[C@@H](CO)[C@H](O)[C@@H](O)[C@@H]6O)C(C)(C)[C@@H]5CC[C@@]43C)[C@]2(C)C1. The Kier molecular flexibility index (Phi) is 17.1. The highest BCUT2D eigenvalue weighted by Gasteiger charge is 2.75. The summed E-state index contributed by atoms with van der Waals surface area (Å²) in [6.07, 6.45) is -32.3. The van der Waals surface area contributed by atoms with Gasteiger partial charge in [0.15, 0.2) is 25.0 Å². The topological polar surface area (TPSA) is 411 Å². The molecule has 8 fully saturated rings. The fourth-order valence-electron chi connectivity index (χ4n) is 17.5. The van der Waals surface area contributed by atoms with Crippen molar-refractivity contribution in [2.24, 2.45) is 49.7 Å². The number of carbonyl (C=O) groups excluding carboxylic acids is 1. The van der Waals surface area contributed by atoms with Gasteiger partial charge in [-0.05, 0) is 96.7 Å². The minimum Gasteiger partial charge on any atom is -0.479 e. The van der Waals surface area contributed by atoms with Gasteiger partial charge in [0.25, 0.3) is 0 Å². The van der Waals surface area contributed by atoms with Gasteiger partial charge in [-0.1, -0.05) is 67.0 Å². The molecule has 25 nitrogen and oxygen atoms in total. The van der Waals surface area contributed by atoms with Gasteiger partial charge in [-0.15, -0.1) is 0 Å². The average Bonchev–Trinajstić information content (AvgIpc) is 1.52. The molecule has 4 saturated heterocycles. The Morgan fingerprint density at radius 2 is 1.06 bits per heavy atom. The zero-order valence-corrected chi connectivity index (χ0v) is 46.7. The molecule has 4 saturated carbocycles.